The SMILES string of the molecule is CS(N)(=O)=O.Cc1ccc2c(c1)[C@]1(C)CCN[C@H](C2)C1(C)C. The molecule has 1 heterocycles. The first-order valence-corrected chi connectivity index (χ1v) is 9.72. The minimum atomic E-state index is -3.17. The zero-order valence-corrected chi connectivity index (χ0v) is 15.0. The zero-order valence-electron chi connectivity index (χ0n) is 14.2. The number of hydrogen-bond donors (Lipinski definition) is 2. The number of fused-ring (bicyclic) bond motifs is 4. The van der Waals surface area contributed by atoms with Gasteiger partial charge >= 0.3 is 0 Å². The molecular formula is C17H28N2O2S. The van der Waals surface area contributed by atoms with E-state index in [0.717, 1.165) is 12.8 Å². The van der Waals surface area contributed by atoms with Gasteiger partial charge in [0.2, 0.25) is 10.0 Å². The van der Waals surface area contributed by atoms with Gasteiger partial charge in [0.25, 0.3) is 0 Å². The Morgan fingerprint density at radius 3 is 2.45 bits per heavy atom. The van der Waals surface area contributed by atoms with E-state index in [1.165, 1.54) is 18.4 Å². The highest BCUT2D eigenvalue weighted by Gasteiger charge is 2.53. The van der Waals surface area contributed by atoms with Crippen LogP contribution in [0.15, 0.2) is 18.2 Å². The summed E-state index contributed by atoms with van der Waals surface area (Å²) in [5.74, 6) is 0. The Bertz CT molecular complexity index is 659. The molecule has 0 unspecified atom stereocenters. The van der Waals surface area contributed by atoms with Crippen LogP contribution in [-0.4, -0.2) is 27.3 Å². The highest BCUT2D eigenvalue weighted by molar-refractivity contribution is 7.88. The maximum atomic E-state index is 9.41. The number of nitrogens with one attached hydrogen (secondary N) is 1. The number of nitrogens with two attached hydrogens (primary N) is 1. The Kier molecular flexibility index (Phi) is 4.46. The monoisotopic (exact) mass is 324 g/mol. The molecule has 22 heavy (non-hydrogen) atoms. The fourth-order valence-electron chi connectivity index (χ4n) is 3.87. The third kappa shape index (κ3) is 3.21. The highest BCUT2D eigenvalue weighted by Crippen LogP contribution is 2.53. The Morgan fingerprint density at radius 2 is 1.86 bits per heavy atom. The van der Waals surface area contributed by atoms with E-state index in [4.69, 9.17) is 0 Å². The fraction of sp³-hybridized carbons (Fsp3) is 0.647. The van der Waals surface area contributed by atoms with Gasteiger partial charge in [-0.1, -0.05) is 44.5 Å². The van der Waals surface area contributed by atoms with E-state index in [0.29, 0.717) is 16.9 Å². The molecule has 2 aliphatic rings. The lowest BCUT2D eigenvalue weighted by atomic mass is 9.51. The molecule has 1 aromatic carbocycles. The number of benzene rings is 1. The first-order chi connectivity index (χ1) is 9.95. The van der Waals surface area contributed by atoms with E-state index in [9.17, 15) is 8.42 Å². The first-order valence-electron chi connectivity index (χ1n) is 7.76. The molecule has 0 amide bonds. The smallest absolute Gasteiger partial charge is 0.206 e. The van der Waals surface area contributed by atoms with Crippen LogP contribution in [0.3, 0.4) is 0 Å². The summed E-state index contributed by atoms with van der Waals surface area (Å²) < 4.78 is 18.8. The molecule has 3 rings (SSSR count). The summed E-state index contributed by atoms with van der Waals surface area (Å²) in [5.41, 5.74) is 5.27. The summed E-state index contributed by atoms with van der Waals surface area (Å²) in [4.78, 5) is 0. The second-order valence-corrected chi connectivity index (χ2v) is 9.16. The number of aryl methyl sites for hydroxylation is 1. The minimum absolute atomic E-state index is 0.336. The maximum absolute atomic E-state index is 9.41. The van der Waals surface area contributed by atoms with Crippen molar-refractivity contribution in [2.75, 3.05) is 12.8 Å². The summed E-state index contributed by atoms with van der Waals surface area (Å²) in [7, 11) is -3.17. The van der Waals surface area contributed by atoms with E-state index < -0.39 is 10.0 Å². The van der Waals surface area contributed by atoms with E-state index in [1.807, 2.05) is 0 Å². The van der Waals surface area contributed by atoms with Crippen LogP contribution >= 0.6 is 0 Å². The average Bonchev–Trinajstić information content (AvgIpc) is 2.33. The van der Waals surface area contributed by atoms with Gasteiger partial charge < -0.3 is 5.32 Å². The van der Waals surface area contributed by atoms with Gasteiger partial charge in [-0.2, -0.15) is 0 Å². The van der Waals surface area contributed by atoms with Crippen molar-refractivity contribution >= 4 is 10.0 Å². The van der Waals surface area contributed by atoms with Crippen LogP contribution in [0.5, 0.6) is 0 Å². The number of piperidine rings is 1. The van der Waals surface area contributed by atoms with Crippen molar-refractivity contribution < 1.29 is 8.42 Å². The van der Waals surface area contributed by atoms with Crippen LogP contribution in [0.4, 0.5) is 0 Å². The highest BCUT2D eigenvalue weighted by atomic mass is 32.2. The van der Waals surface area contributed by atoms with Crippen molar-refractivity contribution in [1.29, 1.82) is 0 Å². The molecule has 3 N–H and O–H groups in total. The molecule has 2 atom stereocenters. The third-order valence-corrected chi connectivity index (χ3v) is 5.59. The van der Waals surface area contributed by atoms with Crippen LogP contribution in [0, 0.1) is 12.3 Å². The second kappa shape index (κ2) is 5.62. The van der Waals surface area contributed by atoms with Gasteiger partial charge in [0.15, 0.2) is 0 Å². The van der Waals surface area contributed by atoms with Gasteiger partial charge in [-0.15, -0.1) is 0 Å². The van der Waals surface area contributed by atoms with Gasteiger partial charge in [-0.05, 0) is 42.9 Å². The summed E-state index contributed by atoms with van der Waals surface area (Å²) in [6.07, 6.45) is 3.39. The summed E-state index contributed by atoms with van der Waals surface area (Å²) in [6, 6.07) is 7.67. The van der Waals surface area contributed by atoms with Crippen molar-refractivity contribution in [3.63, 3.8) is 0 Å². The van der Waals surface area contributed by atoms with Crippen LogP contribution in [0.2, 0.25) is 0 Å². The molecule has 0 radical (unpaired) electrons. The maximum Gasteiger partial charge on any atom is 0.206 e. The van der Waals surface area contributed by atoms with E-state index in [2.05, 4.69) is 56.3 Å². The number of hydrogen-bond acceptors (Lipinski definition) is 3. The Morgan fingerprint density at radius 1 is 1.27 bits per heavy atom. The molecule has 4 nitrogen and oxygen atoms in total. The van der Waals surface area contributed by atoms with Gasteiger partial charge in [0.05, 0.1) is 6.26 Å². The molecule has 2 bridgehead atoms. The standard InChI is InChI=1S/C16H23N.CH5NO2S/c1-11-5-6-12-10-14-15(2,3)16(4,7-8-17-14)13(12)9-11;1-5(2,3)4/h5-6,9,14,17H,7-8,10H2,1-4H3;1H3,(H2,2,3,4)/t14-,16+;/m1./s1. The quantitative estimate of drug-likeness (QED) is 0.767. The average molecular weight is 324 g/mol. The topological polar surface area (TPSA) is 72.2 Å². The van der Waals surface area contributed by atoms with Crippen LogP contribution in [0.1, 0.15) is 43.9 Å². The molecule has 0 spiro atoms. The lowest BCUT2D eigenvalue weighted by Crippen LogP contribution is -2.62. The normalized spacial score (nSPS) is 29.1. The summed E-state index contributed by atoms with van der Waals surface area (Å²) >= 11 is 0. The molecule has 1 saturated heterocycles. The van der Waals surface area contributed by atoms with Gasteiger partial charge in [-0.3, -0.25) is 0 Å². The Hall–Kier alpha value is -0.910. The lowest BCUT2D eigenvalue weighted by molar-refractivity contribution is 0.0559. The molecule has 5 heteroatoms. The summed E-state index contributed by atoms with van der Waals surface area (Å²) in [5, 5.41) is 8.05. The molecular weight excluding hydrogens is 296 g/mol. The summed E-state index contributed by atoms with van der Waals surface area (Å²) in [6.45, 7) is 10.7. The Labute approximate surface area is 134 Å². The van der Waals surface area contributed by atoms with Crippen molar-refractivity contribution in [2.24, 2.45) is 10.6 Å². The molecule has 1 fully saturated rings. The molecule has 1 aliphatic carbocycles. The van der Waals surface area contributed by atoms with Gasteiger partial charge in [0.1, 0.15) is 0 Å². The molecule has 1 aliphatic heterocycles. The number of primary sulfonamides is 1. The predicted octanol–water partition coefficient (Wildman–Crippen LogP) is 2.10. The van der Waals surface area contributed by atoms with Crippen LogP contribution in [0.25, 0.3) is 0 Å². The number of sulfonamides is 1. The lowest BCUT2D eigenvalue weighted by Gasteiger charge is -2.57. The molecule has 0 saturated carbocycles. The number of rotatable bonds is 0. The van der Waals surface area contributed by atoms with Crippen molar-refractivity contribution in [1.82, 2.24) is 5.32 Å². The molecule has 124 valence electrons. The van der Waals surface area contributed by atoms with Gasteiger partial charge in [0, 0.05) is 11.5 Å². The predicted molar refractivity (Wildman–Crippen MR) is 91.5 cm³/mol. The van der Waals surface area contributed by atoms with Crippen molar-refractivity contribution in [3.05, 3.63) is 34.9 Å². The van der Waals surface area contributed by atoms with Crippen molar-refractivity contribution in [3.8, 4) is 0 Å². The zero-order chi connectivity index (χ0) is 16.8. The third-order valence-electron chi connectivity index (χ3n) is 5.59. The Balaban J connectivity index is 0.000000309. The van der Waals surface area contributed by atoms with Crippen molar-refractivity contribution in [2.45, 2.75) is 52.0 Å². The largest absolute Gasteiger partial charge is 0.313 e. The second-order valence-electron chi connectivity index (χ2n) is 7.50. The molecule has 0 aromatic heterocycles. The van der Waals surface area contributed by atoms with Crippen LogP contribution < -0.4 is 10.5 Å². The fourth-order valence-corrected chi connectivity index (χ4v) is 3.87. The first kappa shape index (κ1) is 17.4. The minimum Gasteiger partial charge on any atom is -0.313 e. The van der Waals surface area contributed by atoms with E-state index in [1.54, 1.807) is 11.1 Å². The van der Waals surface area contributed by atoms with Gasteiger partial charge in [-0.25, -0.2) is 13.6 Å². The molecule has 1 aromatic rings. The van der Waals surface area contributed by atoms with E-state index >= 15 is 0 Å². The van der Waals surface area contributed by atoms with E-state index in [-0.39, 0.29) is 0 Å². The van der Waals surface area contributed by atoms with Crippen LogP contribution in [-0.2, 0) is 21.9 Å².